The summed E-state index contributed by atoms with van der Waals surface area (Å²) in [4.78, 5) is 0. The number of aromatic nitrogens is 2. The van der Waals surface area contributed by atoms with Gasteiger partial charge in [0.2, 0.25) is 0 Å². The average Bonchev–Trinajstić information content (AvgIpc) is 2.50. The van der Waals surface area contributed by atoms with E-state index in [9.17, 15) is 5.11 Å². The summed E-state index contributed by atoms with van der Waals surface area (Å²) in [7, 11) is 1.95. The van der Waals surface area contributed by atoms with Gasteiger partial charge in [-0.15, -0.1) is 0 Å². The van der Waals surface area contributed by atoms with Crippen molar-refractivity contribution in [3.8, 4) is 0 Å². The largest absolute Gasteiger partial charge is 0.388 e. The fraction of sp³-hybridized carbons (Fsp3) is 0.545. The quantitative estimate of drug-likeness (QED) is 0.679. The molecular weight excluding hydrogens is 190 g/mol. The fourth-order valence-corrected chi connectivity index (χ4v) is 1.85. The fourth-order valence-electron chi connectivity index (χ4n) is 1.85. The molecule has 1 unspecified atom stereocenters. The third-order valence-electron chi connectivity index (χ3n) is 2.89. The van der Waals surface area contributed by atoms with E-state index >= 15 is 0 Å². The first-order valence-corrected chi connectivity index (χ1v) is 5.22. The minimum absolute atomic E-state index is 0.342. The molecule has 0 saturated carbocycles. The van der Waals surface area contributed by atoms with Crippen molar-refractivity contribution in [3.05, 3.63) is 29.1 Å². The van der Waals surface area contributed by atoms with Crippen molar-refractivity contribution in [2.45, 2.75) is 19.4 Å². The summed E-state index contributed by atoms with van der Waals surface area (Å²) in [6.45, 7) is 3.59. The predicted molar refractivity (Wildman–Crippen MR) is 58.6 cm³/mol. The van der Waals surface area contributed by atoms with Crippen molar-refractivity contribution in [1.29, 1.82) is 0 Å². The van der Waals surface area contributed by atoms with Crippen molar-refractivity contribution in [2.75, 3.05) is 13.1 Å². The molecule has 0 saturated heterocycles. The molecule has 0 fully saturated rings. The summed E-state index contributed by atoms with van der Waals surface area (Å²) in [5, 5.41) is 16.9. The van der Waals surface area contributed by atoms with Crippen LogP contribution in [-0.2, 0) is 13.5 Å². The van der Waals surface area contributed by atoms with E-state index in [0.717, 1.165) is 13.0 Å². The Balaban J connectivity index is 2.12. The van der Waals surface area contributed by atoms with Gasteiger partial charge < -0.3 is 10.4 Å². The van der Waals surface area contributed by atoms with Gasteiger partial charge >= 0.3 is 0 Å². The van der Waals surface area contributed by atoms with Gasteiger partial charge in [0.05, 0.1) is 12.3 Å². The van der Waals surface area contributed by atoms with Gasteiger partial charge in [0.15, 0.2) is 0 Å². The molecule has 0 aromatic carbocycles. The van der Waals surface area contributed by atoms with Crippen LogP contribution in [0.3, 0.4) is 0 Å². The van der Waals surface area contributed by atoms with E-state index in [0.29, 0.717) is 6.54 Å². The molecule has 0 amide bonds. The lowest BCUT2D eigenvalue weighted by atomic mass is 10.0. The molecule has 1 aliphatic rings. The Labute approximate surface area is 89.6 Å². The summed E-state index contributed by atoms with van der Waals surface area (Å²) >= 11 is 0. The maximum atomic E-state index is 9.47. The highest BCUT2D eigenvalue weighted by Gasteiger charge is 2.12. The Hall–Kier alpha value is -1.13. The number of β-amino-alcohol motifs (C(OH)–C–C–N with tert-alkyl or cyclic N) is 1. The number of rotatable bonds is 2. The van der Waals surface area contributed by atoms with Crippen molar-refractivity contribution in [1.82, 2.24) is 15.1 Å². The lowest BCUT2D eigenvalue weighted by Gasteiger charge is -2.18. The molecule has 4 nitrogen and oxygen atoms in total. The highest BCUT2D eigenvalue weighted by molar-refractivity contribution is 5.25. The maximum absolute atomic E-state index is 9.47. The van der Waals surface area contributed by atoms with Crippen LogP contribution in [0.2, 0.25) is 0 Å². The number of aliphatic hydroxyl groups excluding tert-OH is 1. The van der Waals surface area contributed by atoms with E-state index in [2.05, 4.69) is 17.3 Å². The molecule has 0 aliphatic carbocycles. The monoisotopic (exact) mass is 207 g/mol. The first-order valence-electron chi connectivity index (χ1n) is 5.22. The molecule has 0 spiro atoms. The summed E-state index contributed by atoms with van der Waals surface area (Å²) in [6, 6.07) is 0. The summed E-state index contributed by atoms with van der Waals surface area (Å²) in [5.41, 5.74) is 3.67. The molecule has 2 heterocycles. The molecule has 1 atom stereocenters. The van der Waals surface area contributed by atoms with E-state index < -0.39 is 0 Å². The number of aryl methyl sites for hydroxylation is 1. The first kappa shape index (κ1) is 10.4. The molecule has 15 heavy (non-hydrogen) atoms. The Bertz CT molecular complexity index is 381. The van der Waals surface area contributed by atoms with Crippen LogP contribution in [0, 0.1) is 6.92 Å². The third-order valence-corrected chi connectivity index (χ3v) is 2.89. The van der Waals surface area contributed by atoms with Crippen LogP contribution in [0.15, 0.2) is 17.8 Å². The summed E-state index contributed by atoms with van der Waals surface area (Å²) in [6.07, 6.45) is 4.38. The molecule has 82 valence electrons. The second kappa shape index (κ2) is 4.16. The van der Waals surface area contributed by atoms with E-state index in [1.807, 2.05) is 24.0 Å². The normalized spacial score (nSPS) is 21.5. The topological polar surface area (TPSA) is 50.1 Å². The second-order valence-electron chi connectivity index (χ2n) is 4.08. The van der Waals surface area contributed by atoms with Gasteiger partial charge in [0.25, 0.3) is 0 Å². The zero-order valence-electron chi connectivity index (χ0n) is 9.20. The molecule has 0 bridgehead atoms. The number of nitrogens with one attached hydrogen (secondary N) is 1. The van der Waals surface area contributed by atoms with Crippen molar-refractivity contribution in [3.63, 3.8) is 0 Å². The van der Waals surface area contributed by atoms with Gasteiger partial charge in [-0.25, -0.2) is 0 Å². The van der Waals surface area contributed by atoms with Crippen LogP contribution < -0.4 is 5.32 Å². The Kier molecular flexibility index (Phi) is 2.88. The first-order chi connectivity index (χ1) is 7.16. The molecule has 4 heteroatoms. The standard InChI is InChI=1S/C11H17N3O/c1-8-10(6-13-14(8)2)3-9-4-11(15)7-12-5-9/h4,6,11-12,15H,3,5,7H2,1-2H3. The lowest BCUT2D eigenvalue weighted by Crippen LogP contribution is -2.32. The molecular formula is C11H17N3O. The molecule has 2 rings (SSSR count). The number of aliphatic hydroxyl groups is 1. The SMILES string of the molecule is Cc1c(CC2=CC(O)CNC2)cnn1C. The highest BCUT2D eigenvalue weighted by Crippen LogP contribution is 2.13. The van der Waals surface area contributed by atoms with E-state index in [1.54, 1.807) is 0 Å². The smallest absolute Gasteiger partial charge is 0.0848 e. The zero-order valence-corrected chi connectivity index (χ0v) is 9.20. The van der Waals surface area contributed by atoms with E-state index in [-0.39, 0.29) is 6.10 Å². The Morgan fingerprint density at radius 2 is 2.47 bits per heavy atom. The van der Waals surface area contributed by atoms with Gasteiger partial charge in [-0.05, 0) is 18.9 Å². The van der Waals surface area contributed by atoms with Crippen LogP contribution in [0.1, 0.15) is 11.3 Å². The highest BCUT2D eigenvalue weighted by atomic mass is 16.3. The predicted octanol–water partition coefficient (Wildman–Crippen LogP) is 0.162. The van der Waals surface area contributed by atoms with E-state index in [4.69, 9.17) is 0 Å². The minimum atomic E-state index is -0.342. The molecule has 1 aromatic rings. The van der Waals surface area contributed by atoms with E-state index in [1.165, 1.54) is 16.8 Å². The minimum Gasteiger partial charge on any atom is -0.388 e. The molecule has 2 N–H and O–H groups in total. The molecule has 0 radical (unpaired) electrons. The van der Waals surface area contributed by atoms with Crippen molar-refractivity contribution in [2.24, 2.45) is 7.05 Å². The van der Waals surface area contributed by atoms with Crippen LogP contribution in [-0.4, -0.2) is 34.1 Å². The van der Waals surface area contributed by atoms with Crippen molar-refractivity contribution < 1.29 is 5.11 Å². The van der Waals surface area contributed by atoms with Gasteiger partial charge in [0, 0.05) is 25.8 Å². The Morgan fingerprint density at radius 3 is 3.07 bits per heavy atom. The number of nitrogens with zero attached hydrogens (tertiary/aromatic N) is 2. The van der Waals surface area contributed by atoms with Gasteiger partial charge in [0.1, 0.15) is 0 Å². The zero-order chi connectivity index (χ0) is 10.8. The maximum Gasteiger partial charge on any atom is 0.0848 e. The molecule has 1 aromatic heterocycles. The average molecular weight is 207 g/mol. The lowest BCUT2D eigenvalue weighted by molar-refractivity contribution is 0.213. The Morgan fingerprint density at radius 1 is 1.67 bits per heavy atom. The number of hydrogen-bond donors (Lipinski definition) is 2. The van der Waals surface area contributed by atoms with Gasteiger partial charge in [-0.3, -0.25) is 4.68 Å². The van der Waals surface area contributed by atoms with Crippen LogP contribution in [0.5, 0.6) is 0 Å². The second-order valence-corrected chi connectivity index (χ2v) is 4.08. The van der Waals surface area contributed by atoms with Crippen LogP contribution in [0.25, 0.3) is 0 Å². The number of hydrogen-bond acceptors (Lipinski definition) is 3. The van der Waals surface area contributed by atoms with Crippen LogP contribution >= 0.6 is 0 Å². The van der Waals surface area contributed by atoms with Crippen molar-refractivity contribution >= 4 is 0 Å². The van der Waals surface area contributed by atoms with Gasteiger partial charge in [-0.1, -0.05) is 11.6 Å². The summed E-state index contributed by atoms with van der Waals surface area (Å²) < 4.78 is 1.88. The molecule has 1 aliphatic heterocycles. The van der Waals surface area contributed by atoms with Crippen LogP contribution in [0.4, 0.5) is 0 Å². The third kappa shape index (κ3) is 2.27. The summed E-state index contributed by atoms with van der Waals surface area (Å²) in [5.74, 6) is 0. The van der Waals surface area contributed by atoms with Gasteiger partial charge in [-0.2, -0.15) is 5.10 Å².